The van der Waals surface area contributed by atoms with E-state index in [2.05, 4.69) is 5.32 Å². The molecule has 2 amide bonds. The largest absolute Gasteiger partial charge is 0.478 e. The van der Waals surface area contributed by atoms with Crippen LogP contribution >= 0.6 is 0 Å². The van der Waals surface area contributed by atoms with Crippen LogP contribution in [0.4, 0.5) is 0 Å². The number of carboxylic acid groups (broad SMARTS) is 1. The van der Waals surface area contributed by atoms with E-state index in [9.17, 15) is 14.4 Å². The van der Waals surface area contributed by atoms with Gasteiger partial charge in [-0.3, -0.25) is 15.0 Å². The van der Waals surface area contributed by atoms with Gasteiger partial charge in [0.15, 0.2) is 0 Å². The summed E-state index contributed by atoms with van der Waals surface area (Å²) in [6, 6.07) is 15.5. The Morgan fingerprint density at radius 3 is 2.29 bits per heavy atom. The monoisotopic (exact) mass is 463 g/mol. The number of hydrogen-bond donors (Lipinski definition) is 5. The number of carboxylic acids is 1. The van der Waals surface area contributed by atoms with Gasteiger partial charge < -0.3 is 31.5 Å². The van der Waals surface area contributed by atoms with Crippen LogP contribution in [0.25, 0.3) is 0 Å². The molecule has 2 aromatic rings. The third kappa shape index (κ3) is 6.22. The molecule has 1 aliphatic rings. The topological polar surface area (TPSA) is 172 Å². The van der Waals surface area contributed by atoms with Gasteiger partial charge in [0.05, 0.1) is 5.71 Å². The molecule has 0 aromatic heterocycles. The quantitative estimate of drug-likeness (QED) is 0.276. The molecule has 1 unspecified atom stereocenters. The van der Waals surface area contributed by atoms with Crippen molar-refractivity contribution in [2.45, 2.75) is 12.5 Å². The number of nitrogens with zero attached hydrogens (tertiary/aromatic N) is 1. The minimum atomic E-state index is -1.21. The fraction of sp³-hybridized carbons (Fsp3) is 0.167. The highest BCUT2D eigenvalue weighted by molar-refractivity contribution is 6.26. The standard InChI is InChI=1S/C24H25N5O5/c25-22(15-6-8-18(9-7-15)34-17-4-2-1-3-5-17)21(24(27)33)23(26)28-16-12-13-29(14-16)19(30)10-11-20(31)32/h1-11,16,25,28H,12-14,26H2,(H2,27,33)(H,31,32)/b11-10-,23-21+,25-22?. The normalized spacial score (nSPS) is 16.1. The van der Waals surface area contributed by atoms with Crippen molar-refractivity contribution in [2.24, 2.45) is 11.5 Å². The van der Waals surface area contributed by atoms with Crippen LogP contribution in [0.1, 0.15) is 12.0 Å². The molecule has 1 atom stereocenters. The van der Waals surface area contributed by atoms with Gasteiger partial charge in [0, 0.05) is 36.8 Å². The number of amides is 2. The van der Waals surface area contributed by atoms with Gasteiger partial charge in [0.1, 0.15) is 22.9 Å². The lowest BCUT2D eigenvalue weighted by molar-refractivity contribution is -0.132. The van der Waals surface area contributed by atoms with Crippen LogP contribution in [0.2, 0.25) is 0 Å². The molecular weight excluding hydrogens is 438 g/mol. The van der Waals surface area contributed by atoms with E-state index in [1.54, 1.807) is 24.3 Å². The van der Waals surface area contributed by atoms with Gasteiger partial charge in [-0.15, -0.1) is 0 Å². The van der Waals surface area contributed by atoms with E-state index in [0.29, 0.717) is 30.0 Å². The second-order valence-electron chi connectivity index (χ2n) is 7.55. The molecule has 1 aliphatic heterocycles. The van der Waals surface area contributed by atoms with Crippen LogP contribution < -0.4 is 21.5 Å². The van der Waals surface area contributed by atoms with E-state index >= 15 is 0 Å². The van der Waals surface area contributed by atoms with Crippen LogP contribution in [0.5, 0.6) is 11.5 Å². The van der Waals surface area contributed by atoms with Crippen LogP contribution in [0.15, 0.2) is 78.1 Å². The highest BCUT2D eigenvalue weighted by Crippen LogP contribution is 2.22. The zero-order valence-electron chi connectivity index (χ0n) is 18.2. The number of ether oxygens (including phenoxy) is 1. The minimum absolute atomic E-state index is 0.0671. The van der Waals surface area contributed by atoms with Gasteiger partial charge in [-0.2, -0.15) is 0 Å². The summed E-state index contributed by atoms with van der Waals surface area (Å²) in [6.07, 6.45) is 2.29. The third-order valence-corrected chi connectivity index (χ3v) is 5.12. The Hall–Kier alpha value is -4.60. The van der Waals surface area contributed by atoms with E-state index in [-0.39, 0.29) is 29.7 Å². The maximum Gasteiger partial charge on any atom is 0.328 e. The Labute approximate surface area is 196 Å². The summed E-state index contributed by atoms with van der Waals surface area (Å²) in [5.74, 6) is -1.35. The number of primary amides is 1. The summed E-state index contributed by atoms with van der Waals surface area (Å²) in [7, 11) is 0. The second kappa shape index (κ2) is 10.8. The molecule has 1 saturated heterocycles. The second-order valence-corrected chi connectivity index (χ2v) is 7.55. The number of aliphatic carboxylic acids is 1. The number of hydrogen-bond acceptors (Lipinski definition) is 7. The number of likely N-dealkylation sites (tertiary alicyclic amines) is 1. The molecule has 1 heterocycles. The van der Waals surface area contributed by atoms with Crippen LogP contribution in [0, 0.1) is 5.41 Å². The summed E-state index contributed by atoms with van der Waals surface area (Å²) in [5, 5.41) is 20.1. The Morgan fingerprint density at radius 1 is 1.03 bits per heavy atom. The summed E-state index contributed by atoms with van der Waals surface area (Å²) in [4.78, 5) is 36.2. The highest BCUT2D eigenvalue weighted by Gasteiger charge is 2.27. The molecule has 0 saturated carbocycles. The lowest BCUT2D eigenvalue weighted by Crippen LogP contribution is -2.39. The summed E-state index contributed by atoms with van der Waals surface area (Å²) in [5.41, 5.74) is 11.7. The third-order valence-electron chi connectivity index (χ3n) is 5.12. The molecule has 7 N–H and O–H groups in total. The number of rotatable bonds is 9. The molecule has 1 fully saturated rings. The van der Waals surface area contributed by atoms with E-state index in [1.165, 1.54) is 4.90 Å². The molecule has 10 heteroatoms. The Balaban J connectivity index is 1.69. The minimum Gasteiger partial charge on any atom is -0.478 e. The number of carbonyl (C=O) groups excluding carboxylic acids is 2. The Kier molecular flexibility index (Phi) is 7.65. The zero-order valence-corrected chi connectivity index (χ0v) is 18.2. The summed E-state index contributed by atoms with van der Waals surface area (Å²) in [6.45, 7) is 0.647. The Bertz CT molecular complexity index is 1140. The van der Waals surface area contributed by atoms with Gasteiger partial charge in [0.25, 0.3) is 5.91 Å². The van der Waals surface area contributed by atoms with Crippen molar-refractivity contribution < 1.29 is 24.2 Å². The molecule has 34 heavy (non-hydrogen) atoms. The van der Waals surface area contributed by atoms with Crippen molar-refractivity contribution in [3.8, 4) is 11.5 Å². The summed E-state index contributed by atoms with van der Waals surface area (Å²) < 4.78 is 5.74. The molecular formula is C24H25N5O5. The van der Waals surface area contributed by atoms with Gasteiger partial charge in [0.2, 0.25) is 5.91 Å². The number of para-hydroxylation sites is 1. The number of nitrogens with one attached hydrogen (secondary N) is 2. The first kappa shape index (κ1) is 24.1. The zero-order chi connectivity index (χ0) is 24.7. The number of carbonyl (C=O) groups is 3. The lowest BCUT2D eigenvalue weighted by atomic mass is 10.0. The number of nitrogens with two attached hydrogens (primary N) is 2. The van der Waals surface area contributed by atoms with Crippen molar-refractivity contribution in [3.63, 3.8) is 0 Å². The molecule has 0 spiro atoms. The number of benzene rings is 2. The van der Waals surface area contributed by atoms with E-state index in [1.807, 2.05) is 30.3 Å². The smallest absolute Gasteiger partial charge is 0.328 e. The first-order chi connectivity index (χ1) is 16.2. The maximum absolute atomic E-state index is 12.1. The molecule has 2 aromatic carbocycles. The maximum atomic E-state index is 12.1. The van der Waals surface area contributed by atoms with Gasteiger partial charge in [-0.05, 0) is 42.8 Å². The molecule has 0 radical (unpaired) electrons. The van der Waals surface area contributed by atoms with Crippen LogP contribution in [-0.2, 0) is 14.4 Å². The van der Waals surface area contributed by atoms with Crippen molar-refractivity contribution in [2.75, 3.05) is 13.1 Å². The van der Waals surface area contributed by atoms with Crippen molar-refractivity contribution >= 4 is 23.5 Å². The van der Waals surface area contributed by atoms with E-state index in [0.717, 1.165) is 12.2 Å². The molecule has 3 rings (SSSR count). The average Bonchev–Trinajstić information content (AvgIpc) is 3.27. The molecule has 176 valence electrons. The molecule has 10 nitrogen and oxygen atoms in total. The predicted molar refractivity (Wildman–Crippen MR) is 125 cm³/mol. The van der Waals surface area contributed by atoms with Crippen molar-refractivity contribution in [1.29, 1.82) is 5.41 Å². The first-order valence-corrected chi connectivity index (χ1v) is 10.4. The van der Waals surface area contributed by atoms with Gasteiger partial charge >= 0.3 is 5.97 Å². The molecule has 0 bridgehead atoms. The van der Waals surface area contributed by atoms with Crippen LogP contribution in [0.3, 0.4) is 0 Å². The van der Waals surface area contributed by atoms with Gasteiger partial charge in [-0.25, -0.2) is 4.79 Å². The lowest BCUT2D eigenvalue weighted by Gasteiger charge is -2.18. The fourth-order valence-corrected chi connectivity index (χ4v) is 3.47. The Morgan fingerprint density at radius 2 is 1.68 bits per heavy atom. The first-order valence-electron chi connectivity index (χ1n) is 10.4. The molecule has 0 aliphatic carbocycles. The van der Waals surface area contributed by atoms with E-state index in [4.69, 9.17) is 26.7 Å². The predicted octanol–water partition coefficient (Wildman–Crippen LogP) is 1.33. The van der Waals surface area contributed by atoms with Crippen LogP contribution in [-0.4, -0.2) is 52.6 Å². The van der Waals surface area contributed by atoms with Gasteiger partial charge in [-0.1, -0.05) is 18.2 Å². The summed E-state index contributed by atoms with van der Waals surface area (Å²) >= 11 is 0. The fourth-order valence-electron chi connectivity index (χ4n) is 3.47. The SMILES string of the molecule is N=C(/C(C(N)=O)=C(/N)NC1CCN(C(=O)/C=C\C(=O)O)C1)c1ccc(Oc2ccccc2)cc1. The van der Waals surface area contributed by atoms with Crippen molar-refractivity contribution in [1.82, 2.24) is 10.2 Å². The van der Waals surface area contributed by atoms with E-state index < -0.39 is 17.8 Å². The average molecular weight is 463 g/mol. The highest BCUT2D eigenvalue weighted by atomic mass is 16.5. The van der Waals surface area contributed by atoms with Crippen molar-refractivity contribution in [3.05, 3.63) is 83.7 Å².